The first-order valence-electron chi connectivity index (χ1n) is 4.19. The Bertz CT molecular complexity index is 311. The number of halogens is 2. The van der Waals surface area contributed by atoms with Gasteiger partial charge in [0, 0.05) is 7.11 Å². The number of ether oxygens (including phenoxy) is 1. The molecule has 1 aromatic carbocycles. The van der Waals surface area contributed by atoms with Crippen molar-refractivity contribution in [2.24, 2.45) is 0 Å². The average molecular weight is 184 g/mol. The highest BCUT2D eigenvalue weighted by Crippen LogP contribution is 2.50. The molecule has 0 unspecified atom stereocenters. The molecule has 1 nitrogen and oxygen atoms in total. The third kappa shape index (κ3) is 1.23. The van der Waals surface area contributed by atoms with E-state index in [0.29, 0.717) is 12.8 Å². The van der Waals surface area contributed by atoms with Crippen LogP contribution in [0.15, 0.2) is 18.2 Å². The average Bonchev–Trinajstić information content (AvgIpc) is 2.85. The maximum absolute atomic E-state index is 13.3. The molecule has 70 valence electrons. The van der Waals surface area contributed by atoms with Gasteiger partial charge < -0.3 is 4.74 Å². The zero-order valence-electron chi connectivity index (χ0n) is 7.31. The molecule has 0 heterocycles. The Kier molecular flexibility index (Phi) is 1.84. The van der Waals surface area contributed by atoms with E-state index >= 15 is 0 Å². The Labute approximate surface area is 75.3 Å². The van der Waals surface area contributed by atoms with E-state index in [1.54, 1.807) is 0 Å². The van der Waals surface area contributed by atoms with Crippen molar-refractivity contribution >= 4 is 0 Å². The third-order valence-electron chi connectivity index (χ3n) is 2.51. The van der Waals surface area contributed by atoms with E-state index in [2.05, 4.69) is 0 Å². The topological polar surface area (TPSA) is 9.23 Å². The standard InChI is InChI=1S/C10H10F2O/c1-13-10(5-6-10)9-7(11)3-2-4-8(9)12/h2-4H,5-6H2,1H3. The monoisotopic (exact) mass is 184 g/mol. The van der Waals surface area contributed by atoms with E-state index in [4.69, 9.17) is 4.74 Å². The summed E-state index contributed by atoms with van der Waals surface area (Å²) in [4.78, 5) is 0. The summed E-state index contributed by atoms with van der Waals surface area (Å²) in [6.45, 7) is 0. The Morgan fingerprint density at radius 2 is 1.77 bits per heavy atom. The molecule has 0 saturated heterocycles. The lowest BCUT2D eigenvalue weighted by Crippen LogP contribution is -2.13. The molecular formula is C10H10F2O. The summed E-state index contributed by atoms with van der Waals surface area (Å²) >= 11 is 0. The first-order chi connectivity index (χ1) is 6.19. The minimum Gasteiger partial charge on any atom is -0.373 e. The van der Waals surface area contributed by atoms with E-state index in [0.717, 1.165) is 0 Å². The second-order valence-corrected chi connectivity index (χ2v) is 3.30. The Morgan fingerprint density at radius 3 is 2.15 bits per heavy atom. The van der Waals surface area contributed by atoms with Crippen molar-refractivity contribution in [2.45, 2.75) is 18.4 Å². The Hall–Kier alpha value is -0.960. The summed E-state index contributed by atoms with van der Waals surface area (Å²) in [5.74, 6) is -1.03. The molecule has 0 atom stereocenters. The molecule has 2 rings (SSSR count). The van der Waals surface area contributed by atoms with Crippen LogP contribution < -0.4 is 0 Å². The van der Waals surface area contributed by atoms with Crippen molar-refractivity contribution in [2.75, 3.05) is 7.11 Å². The lowest BCUT2D eigenvalue weighted by atomic mass is 10.1. The van der Waals surface area contributed by atoms with Crippen molar-refractivity contribution in [3.05, 3.63) is 35.4 Å². The summed E-state index contributed by atoms with van der Waals surface area (Å²) in [6.07, 6.45) is 1.39. The molecule has 1 saturated carbocycles. The minimum atomic E-state index is -0.685. The van der Waals surface area contributed by atoms with Gasteiger partial charge in [0.2, 0.25) is 0 Å². The van der Waals surface area contributed by atoms with Gasteiger partial charge in [-0.2, -0.15) is 0 Å². The smallest absolute Gasteiger partial charge is 0.132 e. The first-order valence-corrected chi connectivity index (χ1v) is 4.19. The van der Waals surface area contributed by atoms with Crippen LogP contribution in [0.2, 0.25) is 0 Å². The van der Waals surface area contributed by atoms with Crippen LogP contribution in [0.5, 0.6) is 0 Å². The summed E-state index contributed by atoms with van der Waals surface area (Å²) in [5.41, 5.74) is -0.604. The second-order valence-electron chi connectivity index (χ2n) is 3.30. The highest BCUT2D eigenvalue weighted by atomic mass is 19.1. The predicted octanol–water partition coefficient (Wildman–Crippen LogP) is 2.60. The van der Waals surface area contributed by atoms with Gasteiger partial charge in [0.15, 0.2) is 0 Å². The lowest BCUT2D eigenvalue weighted by molar-refractivity contribution is 0.0722. The number of methoxy groups -OCH3 is 1. The van der Waals surface area contributed by atoms with Crippen LogP contribution in [0.4, 0.5) is 8.78 Å². The maximum atomic E-state index is 13.3. The van der Waals surface area contributed by atoms with Gasteiger partial charge in [-0.3, -0.25) is 0 Å². The quantitative estimate of drug-likeness (QED) is 0.686. The van der Waals surface area contributed by atoms with Crippen LogP contribution in [0.25, 0.3) is 0 Å². The molecule has 1 aliphatic rings. The minimum absolute atomic E-state index is 0.0810. The van der Waals surface area contributed by atoms with Gasteiger partial charge in [-0.05, 0) is 25.0 Å². The lowest BCUT2D eigenvalue weighted by Gasteiger charge is -2.14. The zero-order valence-corrected chi connectivity index (χ0v) is 7.31. The Morgan fingerprint density at radius 1 is 1.23 bits per heavy atom. The van der Waals surface area contributed by atoms with Crippen molar-refractivity contribution in [3.8, 4) is 0 Å². The summed E-state index contributed by atoms with van der Waals surface area (Å²) in [7, 11) is 1.48. The number of benzene rings is 1. The molecule has 0 N–H and O–H groups in total. The molecule has 0 spiro atoms. The fraction of sp³-hybridized carbons (Fsp3) is 0.400. The second kappa shape index (κ2) is 2.77. The van der Waals surface area contributed by atoms with Crippen LogP contribution in [0.1, 0.15) is 18.4 Å². The SMILES string of the molecule is COC1(c2c(F)cccc2F)CC1. The van der Waals surface area contributed by atoms with E-state index in [-0.39, 0.29) is 5.56 Å². The van der Waals surface area contributed by atoms with Crippen molar-refractivity contribution in [3.63, 3.8) is 0 Å². The van der Waals surface area contributed by atoms with Gasteiger partial charge in [-0.1, -0.05) is 6.07 Å². The molecule has 1 fully saturated rings. The summed E-state index contributed by atoms with van der Waals surface area (Å²) < 4.78 is 31.6. The van der Waals surface area contributed by atoms with Gasteiger partial charge in [0.25, 0.3) is 0 Å². The summed E-state index contributed by atoms with van der Waals surface area (Å²) in [5, 5.41) is 0. The van der Waals surface area contributed by atoms with Gasteiger partial charge >= 0.3 is 0 Å². The molecule has 1 aromatic rings. The molecule has 0 bridgehead atoms. The molecule has 0 aliphatic heterocycles. The van der Waals surface area contributed by atoms with Crippen molar-refractivity contribution < 1.29 is 13.5 Å². The molecule has 0 amide bonds. The Balaban J connectivity index is 2.50. The van der Waals surface area contributed by atoms with Gasteiger partial charge in [0.1, 0.15) is 11.6 Å². The molecule has 1 aliphatic carbocycles. The third-order valence-corrected chi connectivity index (χ3v) is 2.51. The van der Waals surface area contributed by atoms with Gasteiger partial charge in [-0.25, -0.2) is 8.78 Å². The van der Waals surface area contributed by atoms with E-state index in [9.17, 15) is 8.78 Å². The van der Waals surface area contributed by atoms with Crippen molar-refractivity contribution in [1.82, 2.24) is 0 Å². The van der Waals surface area contributed by atoms with E-state index in [1.807, 2.05) is 0 Å². The van der Waals surface area contributed by atoms with Crippen LogP contribution in [-0.2, 0) is 10.3 Å². The zero-order chi connectivity index (χ0) is 9.47. The molecule has 13 heavy (non-hydrogen) atoms. The highest BCUT2D eigenvalue weighted by Gasteiger charge is 2.48. The number of rotatable bonds is 2. The summed E-state index contributed by atoms with van der Waals surface area (Å²) in [6, 6.07) is 3.88. The normalized spacial score (nSPS) is 18.7. The molecular weight excluding hydrogens is 174 g/mol. The fourth-order valence-electron chi connectivity index (χ4n) is 1.60. The maximum Gasteiger partial charge on any atom is 0.132 e. The number of hydrogen-bond acceptors (Lipinski definition) is 1. The van der Waals surface area contributed by atoms with Crippen LogP contribution in [0, 0.1) is 11.6 Å². The molecule has 3 heteroatoms. The molecule has 0 aromatic heterocycles. The van der Waals surface area contributed by atoms with E-state index < -0.39 is 17.2 Å². The first kappa shape index (κ1) is 8.63. The van der Waals surface area contributed by atoms with Crippen LogP contribution in [0.3, 0.4) is 0 Å². The highest BCUT2D eigenvalue weighted by molar-refractivity contribution is 5.30. The van der Waals surface area contributed by atoms with Gasteiger partial charge in [0.05, 0.1) is 11.2 Å². The predicted molar refractivity (Wildman–Crippen MR) is 44.3 cm³/mol. The van der Waals surface area contributed by atoms with Gasteiger partial charge in [-0.15, -0.1) is 0 Å². The van der Waals surface area contributed by atoms with Crippen molar-refractivity contribution in [1.29, 1.82) is 0 Å². The van der Waals surface area contributed by atoms with E-state index in [1.165, 1.54) is 25.3 Å². The fourth-order valence-corrected chi connectivity index (χ4v) is 1.60. The number of hydrogen-bond donors (Lipinski definition) is 0. The van der Waals surface area contributed by atoms with Crippen LogP contribution in [-0.4, -0.2) is 7.11 Å². The van der Waals surface area contributed by atoms with Crippen LogP contribution >= 0.6 is 0 Å². The molecule has 0 radical (unpaired) electrons. The largest absolute Gasteiger partial charge is 0.373 e.